The van der Waals surface area contributed by atoms with Gasteiger partial charge in [-0.3, -0.25) is 4.79 Å². The minimum absolute atomic E-state index is 0.0753. The van der Waals surface area contributed by atoms with Crippen LogP contribution in [0, 0.1) is 0 Å². The Morgan fingerprint density at radius 2 is 0.804 bits per heavy atom. The molecular weight excluding hydrogens is 687 g/mol. The van der Waals surface area contributed by atoms with Gasteiger partial charge in [0.1, 0.15) is 0 Å². The van der Waals surface area contributed by atoms with Crippen LogP contribution in [0.3, 0.4) is 0 Å². The molecule has 2 atom stereocenters. The van der Waals surface area contributed by atoms with Gasteiger partial charge in [-0.2, -0.15) is 0 Å². The Labute approximate surface area is 349 Å². The Kier molecular flexibility index (Phi) is 45.4. The quantitative estimate of drug-likeness (QED) is 0.0426. The SMILES string of the molecule is CC/C=C\C/C=C\C/C=C\C/C=C\CCCCCCCCCCCCCCCCCCC(=O)NC(CO)C(O)/C=C/CC/C=C/CCCCCCCCCCC. The van der Waals surface area contributed by atoms with E-state index in [0.29, 0.717) is 6.42 Å². The zero-order chi connectivity index (χ0) is 40.7. The number of hydrogen-bond acceptors (Lipinski definition) is 3. The molecule has 0 heterocycles. The van der Waals surface area contributed by atoms with Crippen molar-refractivity contribution >= 4 is 5.91 Å². The van der Waals surface area contributed by atoms with Crippen LogP contribution >= 0.6 is 0 Å². The number of aliphatic hydroxyl groups excluding tert-OH is 2. The zero-order valence-electron chi connectivity index (χ0n) is 37.1. The van der Waals surface area contributed by atoms with Gasteiger partial charge in [-0.25, -0.2) is 0 Å². The number of aliphatic hydroxyl groups is 2. The molecule has 0 saturated heterocycles. The first-order chi connectivity index (χ1) is 27.7. The Morgan fingerprint density at radius 3 is 1.25 bits per heavy atom. The number of carbonyl (C=O) groups is 1. The van der Waals surface area contributed by atoms with Gasteiger partial charge < -0.3 is 15.5 Å². The normalized spacial score (nSPS) is 13.6. The number of nitrogens with one attached hydrogen (secondary N) is 1. The first kappa shape index (κ1) is 53.8. The van der Waals surface area contributed by atoms with Crippen molar-refractivity contribution in [3.63, 3.8) is 0 Å². The number of carbonyl (C=O) groups excluding carboxylic acids is 1. The van der Waals surface area contributed by atoms with Crippen LogP contribution in [0.4, 0.5) is 0 Å². The second-order valence-electron chi connectivity index (χ2n) is 16.1. The summed E-state index contributed by atoms with van der Waals surface area (Å²) in [5.74, 6) is -0.0753. The Morgan fingerprint density at radius 1 is 0.446 bits per heavy atom. The summed E-state index contributed by atoms with van der Waals surface area (Å²) >= 11 is 0. The summed E-state index contributed by atoms with van der Waals surface area (Å²) in [7, 11) is 0. The molecule has 0 aromatic rings. The first-order valence-corrected chi connectivity index (χ1v) is 24.2. The fourth-order valence-electron chi connectivity index (χ4n) is 7.01. The maximum absolute atomic E-state index is 12.4. The molecule has 56 heavy (non-hydrogen) atoms. The molecule has 1 amide bonds. The predicted octanol–water partition coefficient (Wildman–Crippen LogP) is 15.5. The van der Waals surface area contributed by atoms with Crippen molar-refractivity contribution in [2.45, 2.75) is 244 Å². The second-order valence-corrected chi connectivity index (χ2v) is 16.1. The fraction of sp³-hybridized carbons (Fsp3) is 0.750. The maximum atomic E-state index is 12.4. The number of allylic oxidation sites excluding steroid dienone is 11. The largest absolute Gasteiger partial charge is 0.394 e. The summed E-state index contributed by atoms with van der Waals surface area (Å²) in [5.41, 5.74) is 0. The third kappa shape index (κ3) is 43.0. The Bertz CT molecular complexity index is 977. The van der Waals surface area contributed by atoms with Gasteiger partial charge in [0.15, 0.2) is 0 Å². The van der Waals surface area contributed by atoms with E-state index in [1.165, 1.54) is 154 Å². The van der Waals surface area contributed by atoms with Crippen LogP contribution in [0.15, 0.2) is 72.9 Å². The van der Waals surface area contributed by atoms with Gasteiger partial charge in [0, 0.05) is 6.42 Å². The van der Waals surface area contributed by atoms with E-state index in [-0.39, 0.29) is 12.5 Å². The van der Waals surface area contributed by atoms with Gasteiger partial charge in [-0.15, -0.1) is 0 Å². The van der Waals surface area contributed by atoms with Crippen LogP contribution in [-0.4, -0.2) is 34.9 Å². The van der Waals surface area contributed by atoms with Gasteiger partial charge in [-0.05, 0) is 70.6 Å². The van der Waals surface area contributed by atoms with Gasteiger partial charge in [0.25, 0.3) is 0 Å². The molecule has 0 fully saturated rings. The fourth-order valence-corrected chi connectivity index (χ4v) is 7.01. The molecule has 0 rings (SSSR count). The highest BCUT2D eigenvalue weighted by Gasteiger charge is 2.17. The average Bonchev–Trinajstić information content (AvgIpc) is 3.20. The van der Waals surface area contributed by atoms with Gasteiger partial charge in [0.05, 0.1) is 18.8 Å². The topological polar surface area (TPSA) is 69.6 Å². The van der Waals surface area contributed by atoms with E-state index in [2.05, 4.69) is 79.9 Å². The van der Waals surface area contributed by atoms with Crippen LogP contribution in [0.2, 0.25) is 0 Å². The lowest BCUT2D eigenvalue weighted by Crippen LogP contribution is -2.45. The molecule has 3 N–H and O–H groups in total. The van der Waals surface area contributed by atoms with Crippen LogP contribution in [0.1, 0.15) is 232 Å². The minimum atomic E-state index is -0.863. The van der Waals surface area contributed by atoms with Crippen LogP contribution in [0.25, 0.3) is 0 Å². The summed E-state index contributed by atoms with van der Waals surface area (Å²) in [4.78, 5) is 12.4. The van der Waals surface area contributed by atoms with Crippen molar-refractivity contribution in [2.24, 2.45) is 0 Å². The summed E-state index contributed by atoms with van der Waals surface area (Å²) in [6.07, 6.45) is 67.4. The molecule has 4 nitrogen and oxygen atoms in total. The minimum Gasteiger partial charge on any atom is -0.394 e. The van der Waals surface area contributed by atoms with Crippen LogP contribution in [0.5, 0.6) is 0 Å². The van der Waals surface area contributed by atoms with E-state index < -0.39 is 12.1 Å². The molecule has 0 aliphatic heterocycles. The molecule has 0 aliphatic carbocycles. The Balaban J connectivity index is 3.54. The summed E-state index contributed by atoms with van der Waals surface area (Å²) < 4.78 is 0. The highest BCUT2D eigenvalue weighted by Crippen LogP contribution is 2.15. The van der Waals surface area contributed by atoms with Crippen molar-refractivity contribution in [1.82, 2.24) is 5.32 Å². The van der Waals surface area contributed by atoms with E-state index in [4.69, 9.17) is 0 Å². The van der Waals surface area contributed by atoms with E-state index >= 15 is 0 Å². The molecule has 0 aliphatic rings. The monoisotopic (exact) mass is 780 g/mol. The van der Waals surface area contributed by atoms with Crippen molar-refractivity contribution < 1.29 is 15.0 Å². The van der Waals surface area contributed by atoms with E-state index in [0.717, 1.165) is 57.8 Å². The molecule has 0 spiro atoms. The summed E-state index contributed by atoms with van der Waals surface area (Å²) in [6.45, 7) is 4.18. The molecular formula is C52H93NO3. The van der Waals surface area contributed by atoms with E-state index in [9.17, 15) is 15.0 Å². The molecule has 0 radical (unpaired) electrons. The van der Waals surface area contributed by atoms with Crippen molar-refractivity contribution in [1.29, 1.82) is 0 Å². The summed E-state index contributed by atoms with van der Waals surface area (Å²) in [6, 6.07) is -0.640. The van der Waals surface area contributed by atoms with Gasteiger partial charge in [0.2, 0.25) is 5.91 Å². The van der Waals surface area contributed by atoms with Crippen LogP contribution < -0.4 is 5.32 Å². The van der Waals surface area contributed by atoms with Crippen LogP contribution in [-0.2, 0) is 4.79 Å². The number of amides is 1. The molecule has 324 valence electrons. The molecule has 0 saturated carbocycles. The third-order valence-corrected chi connectivity index (χ3v) is 10.7. The lowest BCUT2D eigenvalue weighted by atomic mass is 10.0. The smallest absolute Gasteiger partial charge is 0.220 e. The summed E-state index contributed by atoms with van der Waals surface area (Å²) in [5, 5.41) is 23.0. The van der Waals surface area contributed by atoms with Crippen molar-refractivity contribution in [3.05, 3.63) is 72.9 Å². The first-order valence-electron chi connectivity index (χ1n) is 24.2. The Hall–Kier alpha value is -2.17. The van der Waals surface area contributed by atoms with E-state index in [1.807, 2.05) is 6.08 Å². The average molecular weight is 780 g/mol. The molecule has 4 heteroatoms. The van der Waals surface area contributed by atoms with E-state index in [1.54, 1.807) is 6.08 Å². The van der Waals surface area contributed by atoms with Crippen molar-refractivity contribution in [3.8, 4) is 0 Å². The number of unbranched alkanes of at least 4 members (excludes halogenated alkanes) is 26. The molecule has 0 aromatic carbocycles. The third-order valence-electron chi connectivity index (χ3n) is 10.7. The number of hydrogen-bond donors (Lipinski definition) is 3. The maximum Gasteiger partial charge on any atom is 0.220 e. The lowest BCUT2D eigenvalue weighted by molar-refractivity contribution is -0.123. The highest BCUT2D eigenvalue weighted by atomic mass is 16.3. The molecule has 0 bridgehead atoms. The molecule has 2 unspecified atom stereocenters. The molecule has 0 aromatic heterocycles. The van der Waals surface area contributed by atoms with Gasteiger partial charge >= 0.3 is 0 Å². The predicted molar refractivity (Wildman–Crippen MR) is 248 cm³/mol. The highest BCUT2D eigenvalue weighted by molar-refractivity contribution is 5.76. The number of rotatable bonds is 43. The second kappa shape index (κ2) is 47.2. The standard InChI is InChI=1S/C52H93NO3/c1-3-5-7-9-11-13-15-17-19-20-21-22-23-24-25-26-27-28-29-30-31-32-34-36-38-40-42-44-46-48-52(56)53-50(49-54)51(55)47-45-43-41-39-37-35-33-18-16-14-12-10-8-6-4-2/h5,7,11,13,17,19,21-22,37,39,45,47,50-51,54-55H,3-4,6,8-10,12,14-16,18,20,23-36,38,40-44,46,48-49H2,1-2H3,(H,53,56)/b7-5-,13-11-,19-17-,22-21-,39-37+,47-45+. The van der Waals surface area contributed by atoms with Crippen molar-refractivity contribution in [2.75, 3.05) is 6.61 Å². The van der Waals surface area contributed by atoms with Gasteiger partial charge in [-0.1, -0.05) is 228 Å². The zero-order valence-corrected chi connectivity index (χ0v) is 37.1. The lowest BCUT2D eigenvalue weighted by Gasteiger charge is -2.19.